The molecule has 0 heterocycles. The first-order valence-corrected chi connectivity index (χ1v) is 7.21. The Bertz CT molecular complexity index is 627. The second-order valence-corrected chi connectivity index (χ2v) is 4.92. The van der Waals surface area contributed by atoms with Crippen molar-refractivity contribution in [2.45, 2.75) is 26.2 Å². The van der Waals surface area contributed by atoms with E-state index in [1.54, 1.807) is 13.2 Å². The predicted octanol–water partition coefficient (Wildman–Crippen LogP) is 4.65. The summed E-state index contributed by atoms with van der Waals surface area (Å²) in [6.07, 6.45) is 3.51. The minimum absolute atomic E-state index is 0.574. The minimum atomic E-state index is 0.574. The highest BCUT2D eigenvalue weighted by Crippen LogP contribution is 2.31. The summed E-state index contributed by atoms with van der Waals surface area (Å²) in [5.74, 6) is 0.670. The van der Waals surface area contributed by atoms with Crippen LogP contribution in [-0.2, 0) is 6.42 Å². The van der Waals surface area contributed by atoms with Crippen molar-refractivity contribution in [3.63, 3.8) is 0 Å². The molecule has 0 atom stereocenters. The van der Waals surface area contributed by atoms with Gasteiger partial charge in [-0.25, -0.2) is 0 Å². The molecule has 2 rings (SSSR count). The van der Waals surface area contributed by atoms with E-state index in [1.807, 2.05) is 24.3 Å². The predicted molar refractivity (Wildman–Crippen MR) is 86.0 cm³/mol. The van der Waals surface area contributed by atoms with Gasteiger partial charge in [0.15, 0.2) is 0 Å². The normalized spacial score (nSPS) is 9.95. The number of anilines is 2. The average Bonchev–Trinajstić information content (AvgIpc) is 2.54. The van der Waals surface area contributed by atoms with E-state index in [9.17, 15) is 5.26 Å². The number of ether oxygens (including phenoxy) is 1. The Labute approximate surface area is 126 Å². The van der Waals surface area contributed by atoms with Crippen LogP contribution >= 0.6 is 0 Å². The summed E-state index contributed by atoms with van der Waals surface area (Å²) in [7, 11) is 1.61. The molecule has 0 radical (unpaired) electrons. The Hall–Kier alpha value is -2.47. The molecule has 3 nitrogen and oxygen atoms in total. The van der Waals surface area contributed by atoms with Gasteiger partial charge in [0.1, 0.15) is 11.8 Å². The van der Waals surface area contributed by atoms with Crippen LogP contribution in [0.25, 0.3) is 0 Å². The third-order valence-electron chi connectivity index (χ3n) is 3.41. The molecule has 2 aromatic rings. The molecule has 0 saturated carbocycles. The van der Waals surface area contributed by atoms with Crippen LogP contribution in [-0.4, -0.2) is 7.11 Å². The average molecular weight is 280 g/mol. The minimum Gasteiger partial charge on any atom is -0.495 e. The van der Waals surface area contributed by atoms with E-state index >= 15 is 0 Å². The molecular formula is C18H20N2O. The maximum Gasteiger partial charge on any atom is 0.143 e. The summed E-state index contributed by atoms with van der Waals surface area (Å²) in [6, 6.07) is 16.0. The zero-order chi connectivity index (χ0) is 15.1. The number of nitriles is 1. The number of unbranched alkanes of at least 4 members (excludes halogenated alkanes) is 1. The lowest BCUT2D eigenvalue weighted by molar-refractivity contribution is 0.416. The van der Waals surface area contributed by atoms with Crippen LogP contribution in [0.2, 0.25) is 0 Å². The van der Waals surface area contributed by atoms with Crippen molar-refractivity contribution < 1.29 is 4.74 Å². The SMILES string of the molecule is CCCCc1ccc(Nc2c(C#N)cccc2OC)cc1. The quantitative estimate of drug-likeness (QED) is 0.837. The fraction of sp³-hybridized carbons (Fsp3) is 0.278. The van der Waals surface area contributed by atoms with Gasteiger partial charge in [0, 0.05) is 5.69 Å². The topological polar surface area (TPSA) is 45.0 Å². The first-order valence-electron chi connectivity index (χ1n) is 7.21. The number of rotatable bonds is 6. The van der Waals surface area contributed by atoms with E-state index in [4.69, 9.17) is 4.74 Å². The van der Waals surface area contributed by atoms with Crippen LogP contribution in [0.5, 0.6) is 5.75 Å². The van der Waals surface area contributed by atoms with Crippen molar-refractivity contribution in [3.05, 3.63) is 53.6 Å². The Balaban J connectivity index is 2.20. The van der Waals surface area contributed by atoms with Crippen molar-refractivity contribution in [3.8, 4) is 11.8 Å². The maximum atomic E-state index is 9.21. The fourth-order valence-electron chi connectivity index (χ4n) is 2.20. The molecule has 0 spiro atoms. The van der Waals surface area contributed by atoms with Gasteiger partial charge in [0.05, 0.1) is 18.4 Å². The molecule has 0 aliphatic heterocycles. The van der Waals surface area contributed by atoms with Gasteiger partial charge in [-0.3, -0.25) is 0 Å². The van der Waals surface area contributed by atoms with Crippen LogP contribution in [0, 0.1) is 11.3 Å². The Morgan fingerprint density at radius 3 is 2.52 bits per heavy atom. The molecule has 0 saturated heterocycles. The summed E-state index contributed by atoms with van der Waals surface area (Å²) in [4.78, 5) is 0. The summed E-state index contributed by atoms with van der Waals surface area (Å²) < 4.78 is 5.32. The lowest BCUT2D eigenvalue weighted by Crippen LogP contribution is -1.97. The molecule has 1 N–H and O–H groups in total. The third kappa shape index (κ3) is 3.76. The number of para-hydroxylation sites is 1. The highest BCUT2D eigenvalue weighted by Gasteiger charge is 2.08. The molecule has 21 heavy (non-hydrogen) atoms. The van der Waals surface area contributed by atoms with Crippen LogP contribution in [0.3, 0.4) is 0 Å². The van der Waals surface area contributed by atoms with Gasteiger partial charge in [0.25, 0.3) is 0 Å². The lowest BCUT2D eigenvalue weighted by atomic mass is 10.1. The summed E-state index contributed by atoms with van der Waals surface area (Å²) >= 11 is 0. The summed E-state index contributed by atoms with van der Waals surface area (Å²) in [6.45, 7) is 2.20. The van der Waals surface area contributed by atoms with Gasteiger partial charge in [-0.2, -0.15) is 5.26 Å². The van der Waals surface area contributed by atoms with E-state index in [-0.39, 0.29) is 0 Å². The number of methoxy groups -OCH3 is 1. The second-order valence-electron chi connectivity index (χ2n) is 4.92. The van der Waals surface area contributed by atoms with Gasteiger partial charge in [0.2, 0.25) is 0 Å². The van der Waals surface area contributed by atoms with Crippen LogP contribution in [0.15, 0.2) is 42.5 Å². The van der Waals surface area contributed by atoms with Crippen molar-refractivity contribution in [2.24, 2.45) is 0 Å². The van der Waals surface area contributed by atoms with Gasteiger partial charge in [-0.05, 0) is 42.7 Å². The highest BCUT2D eigenvalue weighted by molar-refractivity contribution is 5.72. The van der Waals surface area contributed by atoms with Crippen molar-refractivity contribution in [1.82, 2.24) is 0 Å². The monoisotopic (exact) mass is 280 g/mol. The molecule has 3 heteroatoms. The smallest absolute Gasteiger partial charge is 0.143 e. The zero-order valence-electron chi connectivity index (χ0n) is 12.5. The van der Waals surface area contributed by atoms with Crippen LogP contribution < -0.4 is 10.1 Å². The van der Waals surface area contributed by atoms with E-state index in [0.29, 0.717) is 17.0 Å². The Kier molecular flexibility index (Phi) is 5.22. The molecule has 2 aromatic carbocycles. The zero-order valence-corrected chi connectivity index (χ0v) is 12.5. The molecular weight excluding hydrogens is 260 g/mol. The van der Waals surface area contributed by atoms with Gasteiger partial charge >= 0.3 is 0 Å². The standard InChI is InChI=1S/C18H20N2O/c1-3-4-6-14-9-11-16(12-10-14)20-18-15(13-19)7-5-8-17(18)21-2/h5,7-12,20H,3-4,6H2,1-2H3. The molecule has 0 aromatic heterocycles. The fourth-order valence-corrected chi connectivity index (χ4v) is 2.20. The Morgan fingerprint density at radius 1 is 1.14 bits per heavy atom. The molecule has 0 amide bonds. The van der Waals surface area contributed by atoms with E-state index in [0.717, 1.165) is 12.1 Å². The van der Waals surface area contributed by atoms with Crippen LogP contribution in [0.4, 0.5) is 11.4 Å². The van der Waals surface area contributed by atoms with Gasteiger partial charge in [-0.15, -0.1) is 0 Å². The first-order chi connectivity index (χ1) is 10.3. The second kappa shape index (κ2) is 7.35. The lowest BCUT2D eigenvalue weighted by Gasteiger charge is -2.13. The first kappa shape index (κ1) is 14.9. The van der Waals surface area contributed by atoms with E-state index < -0.39 is 0 Å². The molecule has 0 aliphatic carbocycles. The molecule has 108 valence electrons. The van der Waals surface area contributed by atoms with Crippen LogP contribution in [0.1, 0.15) is 30.9 Å². The highest BCUT2D eigenvalue weighted by atomic mass is 16.5. The molecule has 0 aliphatic rings. The largest absolute Gasteiger partial charge is 0.495 e. The Morgan fingerprint density at radius 2 is 1.90 bits per heavy atom. The number of benzene rings is 2. The van der Waals surface area contributed by atoms with Gasteiger partial charge in [-0.1, -0.05) is 31.5 Å². The van der Waals surface area contributed by atoms with Crippen molar-refractivity contribution in [1.29, 1.82) is 5.26 Å². The number of hydrogen-bond donors (Lipinski definition) is 1. The number of aryl methyl sites for hydroxylation is 1. The maximum absolute atomic E-state index is 9.21. The van der Waals surface area contributed by atoms with E-state index in [2.05, 4.69) is 30.4 Å². The number of nitrogens with one attached hydrogen (secondary N) is 1. The molecule has 0 unspecified atom stereocenters. The third-order valence-corrected chi connectivity index (χ3v) is 3.41. The summed E-state index contributed by atoms with van der Waals surface area (Å²) in [5.41, 5.74) is 3.58. The number of nitrogens with zero attached hydrogens (tertiary/aromatic N) is 1. The molecule has 0 fully saturated rings. The van der Waals surface area contributed by atoms with Gasteiger partial charge < -0.3 is 10.1 Å². The number of hydrogen-bond acceptors (Lipinski definition) is 3. The molecule has 0 bridgehead atoms. The van der Waals surface area contributed by atoms with E-state index in [1.165, 1.54) is 18.4 Å². The summed E-state index contributed by atoms with van der Waals surface area (Å²) in [5, 5.41) is 12.5. The van der Waals surface area contributed by atoms with Crippen molar-refractivity contribution >= 4 is 11.4 Å². The van der Waals surface area contributed by atoms with Crippen molar-refractivity contribution in [2.75, 3.05) is 12.4 Å².